The van der Waals surface area contributed by atoms with E-state index in [2.05, 4.69) is 19.2 Å². The lowest BCUT2D eigenvalue weighted by Crippen LogP contribution is -2.42. The molecule has 0 saturated carbocycles. The molecular formula is C23H30N2O3S. The van der Waals surface area contributed by atoms with Gasteiger partial charge in [0.15, 0.2) is 0 Å². The molecule has 1 saturated heterocycles. The molecule has 1 heterocycles. The Morgan fingerprint density at radius 2 is 1.76 bits per heavy atom. The van der Waals surface area contributed by atoms with Crippen molar-refractivity contribution < 1.29 is 13.2 Å². The zero-order valence-corrected chi connectivity index (χ0v) is 18.4. The van der Waals surface area contributed by atoms with Gasteiger partial charge in [-0.05, 0) is 60.9 Å². The van der Waals surface area contributed by atoms with Gasteiger partial charge in [0.2, 0.25) is 10.0 Å². The van der Waals surface area contributed by atoms with Gasteiger partial charge >= 0.3 is 0 Å². The number of rotatable bonds is 5. The van der Waals surface area contributed by atoms with Crippen LogP contribution in [0.4, 0.5) is 5.69 Å². The van der Waals surface area contributed by atoms with E-state index < -0.39 is 10.0 Å². The van der Waals surface area contributed by atoms with Gasteiger partial charge in [-0.25, -0.2) is 8.42 Å². The second-order valence-corrected chi connectivity index (χ2v) is 10.2. The van der Waals surface area contributed by atoms with E-state index in [1.54, 1.807) is 22.5 Å². The van der Waals surface area contributed by atoms with Crippen LogP contribution in [0.5, 0.6) is 0 Å². The van der Waals surface area contributed by atoms with E-state index in [9.17, 15) is 13.2 Å². The predicted octanol–water partition coefficient (Wildman–Crippen LogP) is 4.48. The van der Waals surface area contributed by atoms with Crippen molar-refractivity contribution in [3.05, 3.63) is 59.2 Å². The molecule has 2 atom stereocenters. The fraction of sp³-hybridized carbons (Fsp3) is 0.435. The molecular weight excluding hydrogens is 384 g/mol. The van der Waals surface area contributed by atoms with Crippen LogP contribution in [0.25, 0.3) is 0 Å². The summed E-state index contributed by atoms with van der Waals surface area (Å²) in [6.45, 7) is 9.19. The SMILES string of the molecule is CCc1cccc(C)c1NC(=O)c1cccc(S(=O)(=O)N2CC(C)CC(C)C2)c1. The number of piperidine rings is 1. The lowest BCUT2D eigenvalue weighted by molar-refractivity contribution is 0.102. The highest BCUT2D eigenvalue weighted by molar-refractivity contribution is 7.89. The Balaban J connectivity index is 1.87. The normalized spacial score (nSPS) is 20.4. The summed E-state index contributed by atoms with van der Waals surface area (Å²) < 4.78 is 27.9. The Hall–Kier alpha value is -2.18. The standard InChI is InChI=1S/C23H30N2O3S/c1-5-19-9-6-8-18(4)22(19)24-23(26)20-10-7-11-21(13-20)29(27,28)25-14-16(2)12-17(3)15-25/h6-11,13,16-17H,5,12,14-15H2,1-4H3,(H,24,26). The van der Waals surface area contributed by atoms with E-state index in [0.29, 0.717) is 30.5 Å². The molecule has 29 heavy (non-hydrogen) atoms. The number of hydrogen-bond acceptors (Lipinski definition) is 3. The van der Waals surface area contributed by atoms with E-state index in [1.165, 1.54) is 6.07 Å². The number of sulfonamides is 1. The molecule has 6 heteroatoms. The summed E-state index contributed by atoms with van der Waals surface area (Å²) in [5.74, 6) is 0.355. The van der Waals surface area contributed by atoms with Crippen molar-refractivity contribution in [1.82, 2.24) is 4.31 Å². The smallest absolute Gasteiger partial charge is 0.255 e. The molecule has 0 spiro atoms. The fourth-order valence-corrected chi connectivity index (χ4v) is 5.86. The van der Waals surface area contributed by atoms with Gasteiger partial charge < -0.3 is 5.32 Å². The van der Waals surface area contributed by atoms with Gasteiger partial charge in [-0.15, -0.1) is 0 Å². The number of aryl methyl sites for hydroxylation is 2. The largest absolute Gasteiger partial charge is 0.321 e. The summed E-state index contributed by atoms with van der Waals surface area (Å²) >= 11 is 0. The van der Waals surface area contributed by atoms with Crippen molar-refractivity contribution in [3.8, 4) is 0 Å². The molecule has 1 aliphatic rings. The third kappa shape index (κ3) is 4.70. The van der Waals surface area contributed by atoms with Crippen LogP contribution in [0.15, 0.2) is 47.4 Å². The maximum Gasteiger partial charge on any atom is 0.255 e. The van der Waals surface area contributed by atoms with Crippen molar-refractivity contribution >= 4 is 21.6 Å². The lowest BCUT2D eigenvalue weighted by Gasteiger charge is -2.34. The zero-order valence-electron chi connectivity index (χ0n) is 17.6. The van der Waals surface area contributed by atoms with Crippen molar-refractivity contribution in [3.63, 3.8) is 0 Å². The summed E-state index contributed by atoms with van der Waals surface area (Å²) in [7, 11) is -3.62. The van der Waals surface area contributed by atoms with Gasteiger partial charge in [-0.1, -0.05) is 45.0 Å². The lowest BCUT2D eigenvalue weighted by atomic mass is 9.94. The van der Waals surface area contributed by atoms with Crippen LogP contribution in [0.1, 0.15) is 48.7 Å². The Morgan fingerprint density at radius 3 is 2.41 bits per heavy atom. The van der Waals surface area contributed by atoms with E-state index in [0.717, 1.165) is 29.7 Å². The number of nitrogens with one attached hydrogen (secondary N) is 1. The summed E-state index contributed by atoms with van der Waals surface area (Å²) in [4.78, 5) is 13.0. The van der Waals surface area contributed by atoms with Crippen LogP contribution < -0.4 is 5.32 Å². The summed E-state index contributed by atoms with van der Waals surface area (Å²) in [6, 6.07) is 12.3. The molecule has 2 unspecified atom stereocenters. The van der Waals surface area contributed by atoms with Crippen molar-refractivity contribution in [2.24, 2.45) is 11.8 Å². The second-order valence-electron chi connectivity index (χ2n) is 8.21. The van der Waals surface area contributed by atoms with Crippen molar-refractivity contribution in [1.29, 1.82) is 0 Å². The van der Waals surface area contributed by atoms with E-state index in [-0.39, 0.29) is 10.8 Å². The van der Waals surface area contributed by atoms with Gasteiger partial charge in [0.1, 0.15) is 0 Å². The summed E-state index contributed by atoms with van der Waals surface area (Å²) in [5, 5.41) is 2.97. The quantitative estimate of drug-likeness (QED) is 0.785. The molecule has 0 bridgehead atoms. The van der Waals surface area contributed by atoms with Gasteiger partial charge in [-0.2, -0.15) is 4.31 Å². The minimum Gasteiger partial charge on any atom is -0.321 e. The number of anilines is 1. The average molecular weight is 415 g/mol. The van der Waals surface area contributed by atoms with Crippen LogP contribution in [-0.2, 0) is 16.4 Å². The minimum absolute atomic E-state index is 0.173. The highest BCUT2D eigenvalue weighted by Gasteiger charge is 2.32. The number of hydrogen-bond donors (Lipinski definition) is 1. The van der Waals surface area contributed by atoms with Gasteiger partial charge in [-0.3, -0.25) is 4.79 Å². The van der Waals surface area contributed by atoms with Crippen molar-refractivity contribution in [2.75, 3.05) is 18.4 Å². The van der Waals surface area contributed by atoms with Gasteiger partial charge in [0, 0.05) is 24.3 Å². The predicted molar refractivity (Wildman–Crippen MR) is 117 cm³/mol. The molecule has 1 amide bonds. The molecule has 0 aromatic heterocycles. The number of para-hydroxylation sites is 1. The van der Waals surface area contributed by atoms with E-state index in [1.807, 2.05) is 32.0 Å². The summed E-state index contributed by atoms with van der Waals surface area (Å²) in [6.07, 6.45) is 1.84. The van der Waals surface area contributed by atoms with Crippen LogP contribution >= 0.6 is 0 Å². The highest BCUT2D eigenvalue weighted by Crippen LogP contribution is 2.27. The number of carbonyl (C=O) groups is 1. The topological polar surface area (TPSA) is 66.5 Å². The first-order valence-corrected chi connectivity index (χ1v) is 11.7. The maximum absolute atomic E-state index is 13.2. The van der Waals surface area contributed by atoms with E-state index in [4.69, 9.17) is 0 Å². The Labute approximate surface area is 174 Å². The monoisotopic (exact) mass is 414 g/mol. The first kappa shape index (κ1) is 21.5. The molecule has 1 aliphatic heterocycles. The Morgan fingerprint density at radius 1 is 1.10 bits per heavy atom. The van der Waals surface area contributed by atoms with Gasteiger partial charge in [0.05, 0.1) is 4.90 Å². The zero-order chi connectivity index (χ0) is 21.2. The number of nitrogens with zero attached hydrogens (tertiary/aromatic N) is 1. The van der Waals surface area contributed by atoms with Crippen LogP contribution in [0.3, 0.4) is 0 Å². The number of benzene rings is 2. The minimum atomic E-state index is -3.62. The maximum atomic E-state index is 13.2. The van der Waals surface area contributed by atoms with Crippen LogP contribution in [-0.4, -0.2) is 31.7 Å². The number of carbonyl (C=O) groups excluding carboxylic acids is 1. The Bertz CT molecular complexity index is 991. The molecule has 2 aromatic rings. The third-order valence-electron chi connectivity index (χ3n) is 5.55. The molecule has 3 rings (SSSR count). The fourth-order valence-electron chi connectivity index (χ4n) is 4.14. The summed E-state index contributed by atoms with van der Waals surface area (Å²) in [5.41, 5.74) is 3.18. The van der Waals surface area contributed by atoms with E-state index >= 15 is 0 Å². The highest BCUT2D eigenvalue weighted by atomic mass is 32.2. The average Bonchev–Trinajstić information content (AvgIpc) is 2.68. The molecule has 0 radical (unpaired) electrons. The molecule has 2 aromatic carbocycles. The first-order valence-electron chi connectivity index (χ1n) is 10.2. The van der Waals surface area contributed by atoms with Crippen LogP contribution in [0.2, 0.25) is 0 Å². The van der Waals surface area contributed by atoms with Crippen molar-refractivity contribution in [2.45, 2.75) is 45.4 Å². The second kappa shape index (κ2) is 8.67. The Kier molecular flexibility index (Phi) is 6.44. The first-order chi connectivity index (χ1) is 13.7. The molecule has 1 fully saturated rings. The molecule has 5 nitrogen and oxygen atoms in total. The molecule has 0 aliphatic carbocycles. The molecule has 1 N–H and O–H groups in total. The molecule has 156 valence electrons. The third-order valence-corrected chi connectivity index (χ3v) is 7.38. The van der Waals surface area contributed by atoms with Crippen LogP contribution in [0, 0.1) is 18.8 Å². The number of amides is 1. The van der Waals surface area contributed by atoms with Gasteiger partial charge in [0.25, 0.3) is 5.91 Å².